The highest BCUT2D eigenvalue weighted by atomic mass is 35.5. The molecule has 8 heteroatoms. The molecule has 0 saturated carbocycles. The van der Waals surface area contributed by atoms with Crippen molar-refractivity contribution in [1.82, 2.24) is 0 Å². The Hall–Kier alpha value is -2.64. The molecule has 1 amide bonds. The molecule has 0 saturated heterocycles. The Morgan fingerprint density at radius 2 is 2.04 bits per heavy atom. The lowest BCUT2D eigenvalue weighted by atomic mass is 9.99. The van der Waals surface area contributed by atoms with Gasteiger partial charge in [-0.3, -0.25) is 9.59 Å². The Bertz CT molecular complexity index is 966. The summed E-state index contributed by atoms with van der Waals surface area (Å²) >= 11 is 7.21. The third-order valence-electron chi connectivity index (χ3n) is 4.42. The van der Waals surface area contributed by atoms with Crippen LogP contribution in [0.3, 0.4) is 0 Å². The smallest absolute Gasteiger partial charge is 0.341 e. The summed E-state index contributed by atoms with van der Waals surface area (Å²) < 4.78 is 9.73. The SMILES string of the molecule is COC(=O)c1c(NC(=O)/C=C/c2cccc(Cl)c2)sc2c1C(C(=O)OC)CC2. The van der Waals surface area contributed by atoms with Crippen molar-refractivity contribution in [3.8, 4) is 0 Å². The summed E-state index contributed by atoms with van der Waals surface area (Å²) in [5.41, 5.74) is 1.59. The number of amides is 1. The Kier molecular flexibility index (Phi) is 6.16. The maximum absolute atomic E-state index is 12.4. The van der Waals surface area contributed by atoms with Crippen LogP contribution in [-0.2, 0) is 25.5 Å². The molecule has 0 bridgehead atoms. The number of ether oxygens (including phenoxy) is 2. The number of nitrogens with one attached hydrogen (secondary N) is 1. The average Bonchev–Trinajstić information content (AvgIpc) is 3.24. The van der Waals surface area contributed by atoms with Crippen molar-refractivity contribution >= 4 is 51.9 Å². The van der Waals surface area contributed by atoms with Crippen LogP contribution in [0.2, 0.25) is 5.02 Å². The second-order valence-electron chi connectivity index (χ2n) is 6.13. The van der Waals surface area contributed by atoms with Crippen molar-refractivity contribution in [3.05, 3.63) is 56.9 Å². The van der Waals surface area contributed by atoms with Crippen molar-refractivity contribution < 1.29 is 23.9 Å². The van der Waals surface area contributed by atoms with Crippen LogP contribution < -0.4 is 5.32 Å². The Balaban J connectivity index is 1.87. The highest BCUT2D eigenvalue weighted by Crippen LogP contribution is 2.45. The standard InChI is InChI=1S/C20H18ClNO5S/c1-26-19(24)13-7-8-14-16(13)17(20(25)27-2)18(28-14)22-15(23)9-6-11-4-3-5-12(21)10-11/h3-6,9-10,13H,7-8H2,1-2H3,(H,22,23)/b9-6+. The number of carbonyl (C=O) groups is 3. The van der Waals surface area contributed by atoms with Crippen LogP contribution in [0, 0.1) is 0 Å². The number of carbonyl (C=O) groups excluding carboxylic acids is 3. The van der Waals surface area contributed by atoms with Crippen molar-refractivity contribution in [3.63, 3.8) is 0 Å². The van der Waals surface area contributed by atoms with E-state index in [0.717, 1.165) is 10.4 Å². The summed E-state index contributed by atoms with van der Waals surface area (Å²) in [5.74, 6) is -1.93. The molecule has 2 aromatic rings. The molecule has 1 atom stereocenters. The zero-order valence-corrected chi connectivity index (χ0v) is 16.9. The van der Waals surface area contributed by atoms with E-state index in [2.05, 4.69) is 5.32 Å². The lowest BCUT2D eigenvalue weighted by Crippen LogP contribution is -2.16. The fourth-order valence-corrected chi connectivity index (χ4v) is 4.64. The first-order chi connectivity index (χ1) is 13.4. The summed E-state index contributed by atoms with van der Waals surface area (Å²) in [7, 11) is 2.58. The Labute approximate surface area is 171 Å². The summed E-state index contributed by atoms with van der Waals surface area (Å²) in [4.78, 5) is 37.7. The first-order valence-corrected chi connectivity index (χ1v) is 9.70. The third-order valence-corrected chi connectivity index (χ3v) is 5.83. The quantitative estimate of drug-likeness (QED) is 0.584. The van der Waals surface area contributed by atoms with Crippen LogP contribution in [0.5, 0.6) is 0 Å². The molecule has 1 N–H and O–H groups in total. The van der Waals surface area contributed by atoms with E-state index in [1.165, 1.54) is 31.6 Å². The zero-order valence-electron chi connectivity index (χ0n) is 15.3. The van der Waals surface area contributed by atoms with Gasteiger partial charge in [-0.1, -0.05) is 23.7 Å². The fraction of sp³-hybridized carbons (Fsp3) is 0.250. The number of aryl methyl sites for hydroxylation is 1. The van der Waals surface area contributed by atoms with Crippen LogP contribution in [0.4, 0.5) is 5.00 Å². The molecule has 146 valence electrons. The molecule has 1 aliphatic carbocycles. The lowest BCUT2D eigenvalue weighted by molar-refractivity contribution is -0.142. The van der Waals surface area contributed by atoms with Gasteiger partial charge in [0.15, 0.2) is 0 Å². The predicted octanol–water partition coefficient (Wildman–Crippen LogP) is 4.04. The number of halogens is 1. The number of rotatable bonds is 5. The lowest BCUT2D eigenvalue weighted by Gasteiger charge is -2.11. The van der Waals surface area contributed by atoms with Crippen LogP contribution in [0.25, 0.3) is 6.08 Å². The molecule has 3 rings (SSSR count). The molecular formula is C20H18ClNO5S. The summed E-state index contributed by atoms with van der Waals surface area (Å²) in [6.07, 6.45) is 4.19. The molecule has 0 radical (unpaired) electrons. The number of hydrogen-bond acceptors (Lipinski definition) is 6. The fourth-order valence-electron chi connectivity index (χ4n) is 3.17. The minimum absolute atomic E-state index is 0.222. The molecule has 1 heterocycles. The van der Waals surface area contributed by atoms with E-state index in [4.69, 9.17) is 21.1 Å². The van der Waals surface area contributed by atoms with E-state index >= 15 is 0 Å². The van der Waals surface area contributed by atoms with Gasteiger partial charge >= 0.3 is 11.9 Å². The minimum atomic E-state index is -0.595. The van der Waals surface area contributed by atoms with Gasteiger partial charge in [0.25, 0.3) is 0 Å². The van der Waals surface area contributed by atoms with Crippen molar-refractivity contribution in [1.29, 1.82) is 0 Å². The number of esters is 2. The first-order valence-electron chi connectivity index (χ1n) is 8.51. The largest absolute Gasteiger partial charge is 0.469 e. The topological polar surface area (TPSA) is 81.7 Å². The summed E-state index contributed by atoms with van der Waals surface area (Å²) in [5, 5.41) is 3.66. The molecule has 28 heavy (non-hydrogen) atoms. The molecular weight excluding hydrogens is 402 g/mol. The van der Waals surface area contributed by atoms with Gasteiger partial charge in [0, 0.05) is 16.0 Å². The molecule has 6 nitrogen and oxygen atoms in total. The van der Waals surface area contributed by atoms with Gasteiger partial charge in [-0.25, -0.2) is 4.79 Å². The number of thiophene rings is 1. The van der Waals surface area contributed by atoms with Crippen molar-refractivity contribution in [2.24, 2.45) is 0 Å². The van der Waals surface area contributed by atoms with Crippen LogP contribution in [0.1, 0.15) is 38.7 Å². The van der Waals surface area contributed by atoms with E-state index in [-0.39, 0.29) is 5.56 Å². The van der Waals surface area contributed by atoms with Gasteiger partial charge in [0.2, 0.25) is 5.91 Å². The zero-order chi connectivity index (χ0) is 20.3. The molecule has 1 aliphatic rings. The van der Waals surface area contributed by atoms with Crippen LogP contribution in [-0.4, -0.2) is 32.1 Å². The summed E-state index contributed by atoms with van der Waals surface area (Å²) in [6.45, 7) is 0. The molecule has 1 unspecified atom stereocenters. The first kappa shape index (κ1) is 20.1. The maximum Gasteiger partial charge on any atom is 0.341 e. The van der Waals surface area contributed by atoms with Crippen LogP contribution in [0.15, 0.2) is 30.3 Å². The number of benzene rings is 1. The normalized spacial score (nSPS) is 15.3. The Morgan fingerprint density at radius 3 is 2.71 bits per heavy atom. The van der Waals surface area contributed by atoms with Gasteiger partial charge in [0.1, 0.15) is 5.00 Å². The van der Waals surface area contributed by atoms with Gasteiger partial charge in [0.05, 0.1) is 25.7 Å². The van der Waals surface area contributed by atoms with Gasteiger partial charge in [-0.15, -0.1) is 11.3 Å². The second kappa shape index (κ2) is 8.58. The van der Waals surface area contributed by atoms with Gasteiger partial charge in [-0.05, 0) is 42.2 Å². The maximum atomic E-state index is 12.4. The van der Waals surface area contributed by atoms with Gasteiger partial charge in [-0.2, -0.15) is 0 Å². The van der Waals surface area contributed by atoms with E-state index < -0.39 is 23.8 Å². The van der Waals surface area contributed by atoms with Crippen molar-refractivity contribution in [2.45, 2.75) is 18.8 Å². The molecule has 0 aliphatic heterocycles. The second-order valence-corrected chi connectivity index (χ2v) is 7.67. The van der Waals surface area contributed by atoms with Crippen LogP contribution >= 0.6 is 22.9 Å². The third kappa shape index (κ3) is 4.10. The monoisotopic (exact) mass is 419 g/mol. The van der Waals surface area contributed by atoms with E-state index in [9.17, 15) is 14.4 Å². The highest BCUT2D eigenvalue weighted by molar-refractivity contribution is 7.17. The van der Waals surface area contributed by atoms with Gasteiger partial charge < -0.3 is 14.8 Å². The van der Waals surface area contributed by atoms with E-state index in [0.29, 0.717) is 28.4 Å². The van der Waals surface area contributed by atoms with E-state index in [1.54, 1.807) is 24.3 Å². The van der Waals surface area contributed by atoms with E-state index in [1.807, 2.05) is 6.07 Å². The van der Waals surface area contributed by atoms with Crippen molar-refractivity contribution in [2.75, 3.05) is 19.5 Å². The predicted molar refractivity (Wildman–Crippen MR) is 108 cm³/mol. The highest BCUT2D eigenvalue weighted by Gasteiger charge is 2.38. The summed E-state index contributed by atoms with van der Waals surface area (Å²) in [6, 6.07) is 7.07. The minimum Gasteiger partial charge on any atom is -0.469 e. The number of fused-ring (bicyclic) bond motifs is 1. The molecule has 0 spiro atoms. The number of methoxy groups -OCH3 is 2. The molecule has 1 aromatic carbocycles. The average molecular weight is 420 g/mol. The molecule has 1 aromatic heterocycles. The number of anilines is 1. The Morgan fingerprint density at radius 1 is 1.25 bits per heavy atom. The number of hydrogen-bond donors (Lipinski definition) is 1. The molecule has 0 fully saturated rings.